The van der Waals surface area contributed by atoms with Gasteiger partial charge in [0.05, 0.1) is 13.7 Å². The normalized spacial score (nSPS) is 24.4. The van der Waals surface area contributed by atoms with Crippen LogP contribution in [-0.4, -0.2) is 43.4 Å². The fourth-order valence-corrected chi connectivity index (χ4v) is 5.84. The maximum Gasteiger partial charge on any atom is 0.359 e. The van der Waals surface area contributed by atoms with Crippen molar-refractivity contribution in [3.8, 4) is 5.75 Å². The zero-order chi connectivity index (χ0) is 23.0. The summed E-state index contributed by atoms with van der Waals surface area (Å²) in [6.45, 7) is 0.478. The molecule has 1 unspecified atom stereocenters. The number of thioether (sulfide) groups is 1. The summed E-state index contributed by atoms with van der Waals surface area (Å²) < 4.78 is 48.9. The van der Waals surface area contributed by atoms with Gasteiger partial charge in [0.25, 0.3) is 0 Å². The van der Waals surface area contributed by atoms with E-state index in [1.165, 1.54) is 49.1 Å². The summed E-state index contributed by atoms with van der Waals surface area (Å²) in [6, 6.07) is 6.57. The van der Waals surface area contributed by atoms with E-state index in [-0.39, 0.29) is 24.6 Å². The summed E-state index contributed by atoms with van der Waals surface area (Å²) in [5.41, 5.74) is 9.28. The molecule has 2 aromatic rings. The maximum atomic E-state index is 14.7. The number of nitrogens with zero attached hydrogens (tertiary/aromatic N) is 2. The zero-order valence-corrected chi connectivity index (χ0v) is 18.3. The summed E-state index contributed by atoms with van der Waals surface area (Å²) >= 11 is 1.18. The van der Waals surface area contributed by atoms with Gasteiger partial charge < -0.3 is 10.5 Å². The molecule has 1 saturated heterocycles. The maximum absolute atomic E-state index is 14.7. The van der Waals surface area contributed by atoms with E-state index in [0.717, 1.165) is 23.3 Å². The first-order valence-corrected chi connectivity index (χ1v) is 10.8. The van der Waals surface area contributed by atoms with E-state index in [2.05, 4.69) is 5.43 Å². The Labute approximate surface area is 187 Å². The number of nitrogens with one attached hydrogen (secondary N) is 1. The largest absolute Gasteiger partial charge is 0.493 e. The number of hydrogen-bond acceptors (Lipinski definition) is 6. The Morgan fingerprint density at radius 2 is 2.03 bits per heavy atom. The molecule has 172 valence electrons. The second kappa shape index (κ2) is 8.81. The first kappa shape index (κ1) is 22.7. The van der Waals surface area contributed by atoms with Gasteiger partial charge in [-0.25, -0.2) is 33.5 Å². The smallest absolute Gasteiger partial charge is 0.359 e. The minimum Gasteiger partial charge on any atom is -0.493 e. The molecule has 2 aliphatic rings. The van der Waals surface area contributed by atoms with Gasteiger partial charge in [-0.3, -0.25) is 4.84 Å². The van der Waals surface area contributed by atoms with Crippen LogP contribution in [0.2, 0.25) is 0 Å². The number of ether oxygens (including phenoxy) is 1. The van der Waals surface area contributed by atoms with E-state index >= 15 is 0 Å². The first-order chi connectivity index (χ1) is 15.3. The Kier molecular flexibility index (Phi) is 6.26. The lowest BCUT2D eigenvalue weighted by Crippen LogP contribution is -2.58. The van der Waals surface area contributed by atoms with E-state index < -0.39 is 33.7 Å². The molecule has 1 fully saturated rings. The van der Waals surface area contributed by atoms with E-state index in [0.29, 0.717) is 17.7 Å². The van der Waals surface area contributed by atoms with Crippen LogP contribution < -0.4 is 15.9 Å². The average molecular weight is 469 g/mol. The molecule has 0 bridgehead atoms. The highest BCUT2D eigenvalue weighted by atomic mass is 32.2. The second-order valence-electron chi connectivity index (χ2n) is 7.51. The van der Waals surface area contributed by atoms with E-state index in [1.807, 2.05) is 0 Å². The van der Waals surface area contributed by atoms with Crippen molar-refractivity contribution in [3.63, 3.8) is 0 Å². The number of hydrazine groups is 1. The minimum absolute atomic E-state index is 0.0284. The molecule has 0 aliphatic carbocycles. The molecule has 0 aromatic heterocycles. The topological polar surface area (TPSA) is 80.1 Å². The van der Waals surface area contributed by atoms with Crippen molar-refractivity contribution in [2.45, 2.75) is 16.7 Å². The number of carbonyl (C=O) groups excluding carboxylic acids is 1. The lowest BCUT2D eigenvalue weighted by molar-refractivity contribution is -0.0904. The fourth-order valence-electron chi connectivity index (χ4n) is 4.11. The van der Waals surface area contributed by atoms with Gasteiger partial charge in [0.1, 0.15) is 33.4 Å². The minimum atomic E-state index is -1.22. The van der Waals surface area contributed by atoms with Crippen LogP contribution in [0.3, 0.4) is 0 Å². The van der Waals surface area contributed by atoms with Crippen LogP contribution in [0.15, 0.2) is 36.4 Å². The predicted molar refractivity (Wildman–Crippen MR) is 113 cm³/mol. The third-order valence-electron chi connectivity index (χ3n) is 5.69. The number of benzene rings is 2. The van der Waals surface area contributed by atoms with Crippen molar-refractivity contribution in [2.24, 2.45) is 11.7 Å². The molecular weight excluding hydrogens is 445 g/mol. The van der Waals surface area contributed by atoms with Crippen LogP contribution in [0.25, 0.3) is 0 Å². The van der Waals surface area contributed by atoms with Crippen molar-refractivity contribution >= 4 is 17.8 Å². The second-order valence-corrected chi connectivity index (χ2v) is 8.84. The predicted octanol–water partition coefficient (Wildman–Crippen LogP) is 3.48. The molecule has 11 heteroatoms. The van der Waals surface area contributed by atoms with Gasteiger partial charge >= 0.3 is 6.03 Å². The molecule has 0 radical (unpaired) electrons. The highest BCUT2D eigenvalue weighted by molar-refractivity contribution is 8.00. The van der Waals surface area contributed by atoms with Gasteiger partial charge in [-0.05, 0) is 49.4 Å². The third-order valence-corrected chi connectivity index (χ3v) is 7.38. The van der Waals surface area contributed by atoms with Gasteiger partial charge in [0.2, 0.25) is 0 Å². The molecule has 2 heterocycles. The van der Waals surface area contributed by atoms with Crippen LogP contribution in [0.5, 0.6) is 5.75 Å². The lowest BCUT2D eigenvalue weighted by Gasteiger charge is -2.46. The summed E-state index contributed by atoms with van der Waals surface area (Å²) in [5, 5.41) is 1.43. The summed E-state index contributed by atoms with van der Waals surface area (Å²) in [6.07, 6.45) is 0.434. The standard InChI is InChI=1S/C21H23F3N4O3S/c1-27(30-2)20(29)28-21(32-19(26-28)15-9-13(22)3-5-17(15)24)12(7-8-25)11-31-18-6-4-14(23)10-16(18)21/h3-6,9-10,12,19,26H,7-8,11,25H2,1-2H3/t12-,19?,21-/m0/s1. The summed E-state index contributed by atoms with van der Waals surface area (Å²) in [7, 11) is 2.74. The Bertz CT molecular complexity index is 1030. The Morgan fingerprint density at radius 1 is 1.31 bits per heavy atom. The van der Waals surface area contributed by atoms with Crippen LogP contribution in [0.4, 0.5) is 18.0 Å². The van der Waals surface area contributed by atoms with Gasteiger partial charge in [0, 0.05) is 24.1 Å². The molecule has 7 nitrogen and oxygen atoms in total. The number of rotatable bonds is 4. The monoisotopic (exact) mass is 468 g/mol. The number of urea groups is 1. The Balaban J connectivity index is 1.91. The number of halogens is 3. The number of hydroxylamine groups is 2. The molecule has 2 aromatic carbocycles. The highest BCUT2D eigenvalue weighted by Gasteiger charge is 2.59. The molecule has 1 spiro atoms. The lowest BCUT2D eigenvalue weighted by atomic mass is 9.86. The van der Waals surface area contributed by atoms with E-state index in [9.17, 15) is 18.0 Å². The number of nitrogens with two attached hydrogens (primary N) is 1. The molecule has 3 atom stereocenters. The zero-order valence-electron chi connectivity index (χ0n) is 17.5. The molecule has 3 N–H and O–H groups in total. The van der Waals surface area contributed by atoms with Crippen molar-refractivity contribution in [1.29, 1.82) is 0 Å². The molecular formula is C21H23F3N4O3S. The number of carbonyl (C=O) groups is 1. The highest BCUT2D eigenvalue weighted by Crippen LogP contribution is 2.60. The van der Waals surface area contributed by atoms with Gasteiger partial charge in [-0.2, -0.15) is 0 Å². The van der Waals surface area contributed by atoms with E-state index in [4.69, 9.17) is 15.3 Å². The quantitative estimate of drug-likeness (QED) is 0.669. The third kappa shape index (κ3) is 3.68. The fraction of sp³-hybridized carbons (Fsp3) is 0.381. The number of amides is 2. The van der Waals surface area contributed by atoms with Crippen LogP contribution in [0.1, 0.15) is 22.9 Å². The molecule has 4 rings (SSSR count). The van der Waals surface area contributed by atoms with Crippen molar-refractivity contribution < 1.29 is 27.5 Å². The van der Waals surface area contributed by atoms with Gasteiger partial charge in [-0.15, -0.1) is 11.8 Å². The molecule has 2 amide bonds. The first-order valence-electron chi connectivity index (χ1n) is 9.95. The van der Waals surface area contributed by atoms with Crippen molar-refractivity contribution in [2.75, 3.05) is 27.3 Å². The van der Waals surface area contributed by atoms with Crippen molar-refractivity contribution in [3.05, 3.63) is 65.0 Å². The number of fused-ring (bicyclic) bond motifs is 2. The van der Waals surface area contributed by atoms with Crippen LogP contribution >= 0.6 is 11.8 Å². The molecule has 32 heavy (non-hydrogen) atoms. The Morgan fingerprint density at radius 3 is 2.75 bits per heavy atom. The molecule has 0 saturated carbocycles. The van der Waals surface area contributed by atoms with Crippen molar-refractivity contribution in [1.82, 2.24) is 15.5 Å². The Hall–Kier alpha value is -2.47. The average Bonchev–Trinajstić information content (AvgIpc) is 3.17. The van der Waals surface area contributed by atoms with E-state index in [1.54, 1.807) is 0 Å². The van der Waals surface area contributed by atoms with Gasteiger partial charge in [-0.1, -0.05) is 0 Å². The summed E-state index contributed by atoms with van der Waals surface area (Å²) in [5.74, 6) is -1.76. The summed E-state index contributed by atoms with van der Waals surface area (Å²) in [4.78, 5) is 17.2. The molecule has 2 aliphatic heterocycles. The van der Waals surface area contributed by atoms with Gasteiger partial charge in [0.15, 0.2) is 0 Å². The van der Waals surface area contributed by atoms with Crippen LogP contribution in [0, 0.1) is 23.4 Å². The van der Waals surface area contributed by atoms with Crippen LogP contribution in [-0.2, 0) is 9.71 Å². The SMILES string of the molecule is CON(C)C(=O)N1NC(c2cc(F)ccc2F)S[C@@]12c1cc(F)ccc1OC[C@@H]2CCN. The number of hydrogen-bond donors (Lipinski definition) is 2.